The number of likely N-dealkylation sites (N-methyl/N-ethyl adjacent to an activating group) is 2. The van der Waals surface area contributed by atoms with Crippen LogP contribution >= 0.6 is 0 Å². The molecule has 2 aromatic heterocycles. The minimum Gasteiger partial charge on any atom is -0.445 e. The number of hydrogen-bond acceptors (Lipinski definition) is 7. The average Bonchev–Trinajstić information content (AvgIpc) is 3.34. The van der Waals surface area contributed by atoms with Crippen LogP contribution in [0.25, 0.3) is 11.5 Å². The van der Waals surface area contributed by atoms with Crippen LogP contribution in [0.3, 0.4) is 0 Å². The van der Waals surface area contributed by atoms with Gasteiger partial charge in [-0.25, -0.2) is 9.97 Å². The molecule has 0 spiro atoms. The smallest absolute Gasteiger partial charge is 0.271 e. The molecule has 1 aliphatic rings. The van der Waals surface area contributed by atoms with Crippen molar-refractivity contribution in [3.8, 4) is 11.5 Å². The predicted molar refractivity (Wildman–Crippen MR) is 125 cm³/mol. The summed E-state index contributed by atoms with van der Waals surface area (Å²) in [7, 11) is 6.30. The molecule has 0 bridgehead atoms. The Morgan fingerprint density at radius 3 is 2.56 bits per heavy atom. The highest BCUT2D eigenvalue weighted by molar-refractivity contribution is 5.96. The molecular formula is C23H30N7O2+. The van der Waals surface area contributed by atoms with Gasteiger partial charge >= 0.3 is 0 Å². The molecule has 1 fully saturated rings. The molecule has 4 N–H and O–H groups in total. The number of primary amides is 1. The maximum absolute atomic E-state index is 12.0. The van der Waals surface area contributed by atoms with Crippen LogP contribution in [0, 0.1) is 0 Å². The van der Waals surface area contributed by atoms with Crippen molar-refractivity contribution in [2.75, 3.05) is 26.5 Å². The molecule has 168 valence electrons. The van der Waals surface area contributed by atoms with Crippen LogP contribution in [0.5, 0.6) is 0 Å². The first-order valence-electron chi connectivity index (χ1n) is 10.9. The zero-order valence-electron chi connectivity index (χ0n) is 18.7. The summed E-state index contributed by atoms with van der Waals surface area (Å²) in [5.41, 5.74) is 7.30. The van der Waals surface area contributed by atoms with Gasteiger partial charge in [0.25, 0.3) is 5.91 Å². The second-order valence-electron chi connectivity index (χ2n) is 8.62. The lowest BCUT2D eigenvalue weighted by Gasteiger charge is -2.43. The Balaban J connectivity index is 1.64. The average molecular weight is 437 g/mol. The highest BCUT2D eigenvalue weighted by Crippen LogP contribution is 2.32. The number of oxazole rings is 1. The molecule has 0 saturated heterocycles. The van der Waals surface area contributed by atoms with Crippen LogP contribution in [-0.2, 0) is 0 Å². The van der Waals surface area contributed by atoms with Crippen LogP contribution in [0.4, 0.5) is 17.3 Å². The van der Waals surface area contributed by atoms with Crippen molar-refractivity contribution in [2.24, 2.45) is 5.73 Å². The van der Waals surface area contributed by atoms with E-state index in [1.807, 2.05) is 31.3 Å². The number of carbonyl (C=O) groups is 1. The summed E-state index contributed by atoms with van der Waals surface area (Å²) in [6.45, 7) is 0. The highest BCUT2D eigenvalue weighted by atomic mass is 16.3. The third-order valence-corrected chi connectivity index (χ3v) is 6.34. The van der Waals surface area contributed by atoms with E-state index in [0.29, 0.717) is 28.3 Å². The van der Waals surface area contributed by atoms with Gasteiger partial charge in [-0.1, -0.05) is 6.42 Å². The molecule has 9 heteroatoms. The van der Waals surface area contributed by atoms with Gasteiger partial charge in [-0.15, -0.1) is 0 Å². The molecule has 32 heavy (non-hydrogen) atoms. The van der Waals surface area contributed by atoms with Crippen molar-refractivity contribution >= 4 is 23.2 Å². The zero-order chi connectivity index (χ0) is 22.7. The van der Waals surface area contributed by atoms with Crippen molar-refractivity contribution < 1.29 is 9.21 Å². The third-order valence-electron chi connectivity index (χ3n) is 6.34. The Labute approximate surface area is 187 Å². The third kappa shape index (κ3) is 4.35. The number of amides is 1. The van der Waals surface area contributed by atoms with Gasteiger partial charge in [-0.05, 0) is 44.2 Å². The van der Waals surface area contributed by atoms with E-state index in [-0.39, 0.29) is 5.69 Å². The van der Waals surface area contributed by atoms with Crippen LogP contribution in [0.1, 0.15) is 36.2 Å². The molecule has 0 aliphatic heterocycles. The first-order chi connectivity index (χ1) is 15.4. The Hall–Kier alpha value is -3.30. The summed E-state index contributed by atoms with van der Waals surface area (Å²) in [4.78, 5) is 25.4. The van der Waals surface area contributed by atoms with E-state index in [9.17, 15) is 4.79 Å². The van der Waals surface area contributed by atoms with Gasteiger partial charge in [0.1, 0.15) is 18.5 Å². The van der Waals surface area contributed by atoms with E-state index < -0.39 is 5.91 Å². The summed E-state index contributed by atoms with van der Waals surface area (Å²) in [5, 5.41) is 6.68. The number of nitrogens with one attached hydrogen (secondary N) is 2. The lowest BCUT2D eigenvalue weighted by atomic mass is 9.88. The number of anilines is 2. The fourth-order valence-corrected chi connectivity index (χ4v) is 4.51. The maximum atomic E-state index is 12.0. The van der Waals surface area contributed by atoms with Gasteiger partial charge in [-0.3, -0.25) is 9.28 Å². The number of benzene rings is 1. The van der Waals surface area contributed by atoms with Crippen LogP contribution in [0.15, 0.2) is 47.3 Å². The quantitative estimate of drug-likeness (QED) is 0.487. The molecular weight excluding hydrogens is 406 g/mol. The Morgan fingerprint density at radius 1 is 1.16 bits per heavy atom. The first-order valence-corrected chi connectivity index (χ1v) is 10.9. The van der Waals surface area contributed by atoms with E-state index in [2.05, 4.69) is 34.7 Å². The van der Waals surface area contributed by atoms with Gasteiger partial charge in [0.15, 0.2) is 11.5 Å². The van der Waals surface area contributed by atoms with Crippen molar-refractivity contribution in [2.45, 2.75) is 37.8 Å². The van der Waals surface area contributed by atoms with E-state index in [4.69, 9.17) is 15.1 Å². The molecule has 1 saturated carbocycles. The second kappa shape index (κ2) is 9.05. The van der Waals surface area contributed by atoms with Crippen LogP contribution in [-0.4, -0.2) is 54.1 Å². The van der Waals surface area contributed by atoms with E-state index in [1.165, 1.54) is 19.1 Å². The van der Waals surface area contributed by atoms with Crippen molar-refractivity contribution in [1.82, 2.24) is 24.8 Å². The van der Waals surface area contributed by atoms with E-state index in [0.717, 1.165) is 29.9 Å². The normalized spacial score (nSPS) is 19.0. The van der Waals surface area contributed by atoms with Gasteiger partial charge in [-0.2, -0.15) is 4.98 Å². The molecule has 0 radical (unpaired) electrons. The Morgan fingerprint density at radius 2 is 1.91 bits per heavy atom. The Bertz CT molecular complexity index is 1060. The Kier molecular flexibility index (Phi) is 6.20. The monoisotopic (exact) mass is 436 g/mol. The number of quaternary nitrogens is 1. The van der Waals surface area contributed by atoms with E-state index in [1.54, 1.807) is 12.4 Å². The molecule has 4 rings (SSSR count). The summed E-state index contributed by atoms with van der Waals surface area (Å²) >= 11 is 0. The molecule has 2 atom stereocenters. The van der Waals surface area contributed by atoms with Crippen molar-refractivity contribution in [3.05, 3.63) is 48.6 Å². The zero-order valence-corrected chi connectivity index (χ0v) is 18.7. The topological polar surface area (TPSA) is 119 Å². The fraction of sp³-hybridized carbons (Fsp3) is 0.391. The molecule has 1 aromatic carbocycles. The molecule has 3 aromatic rings. The largest absolute Gasteiger partial charge is 0.445 e. The highest BCUT2D eigenvalue weighted by Gasteiger charge is 2.40. The van der Waals surface area contributed by atoms with Gasteiger partial charge in [0.05, 0.1) is 26.3 Å². The number of carbonyl (C=O) groups excluding carboxylic acids is 1. The summed E-state index contributed by atoms with van der Waals surface area (Å²) in [6, 6.07) is 8.27. The molecule has 2 unspecified atom stereocenters. The molecule has 1 amide bonds. The molecule has 2 heterocycles. The predicted octanol–water partition coefficient (Wildman–Crippen LogP) is 3.07. The van der Waals surface area contributed by atoms with Crippen LogP contribution < -0.4 is 20.9 Å². The van der Waals surface area contributed by atoms with Gasteiger partial charge in [0.2, 0.25) is 11.7 Å². The standard InChI is InChI=1S/C23H29N7O2/c1-25-17-6-4-5-7-18(17)30(2,3)19-14-27-20(21(24)31)22(29-19)28-16-10-8-15(9-11-16)23-26-12-13-32-23/h8-14,17-18,25H,4-7H2,1-3H3,(H2-,24,26,28,29,31)/p+1. The summed E-state index contributed by atoms with van der Waals surface area (Å²) in [6.07, 6.45) is 9.46. The van der Waals surface area contributed by atoms with Crippen molar-refractivity contribution in [3.63, 3.8) is 0 Å². The van der Waals surface area contributed by atoms with E-state index >= 15 is 0 Å². The van der Waals surface area contributed by atoms with Crippen LogP contribution in [0.2, 0.25) is 0 Å². The summed E-state index contributed by atoms with van der Waals surface area (Å²) in [5.74, 6) is 1.05. The first kappa shape index (κ1) is 21.9. The number of nitrogens with zero attached hydrogens (tertiary/aromatic N) is 4. The number of aromatic nitrogens is 3. The SMILES string of the molecule is CNC1CCCCC1[N+](C)(C)c1cnc(C(N)=O)c(Nc2ccc(-c3ncco3)cc2)n1. The second-order valence-corrected chi connectivity index (χ2v) is 8.62. The summed E-state index contributed by atoms with van der Waals surface area (Å²) < 4.78 is 5.90. The number of rotatable bonds is 7. The fourth-order valence-electron chi connectivity index (χ4n) is 4.51. The minimum absolute atomic E-state index is 0.110. The van der Waals surface area contributed by atoms with Gasteiger partial charge < -0.3 is 20.8 Å². The van der Waals surface area contributed by atoms with Gasteiger partial charge in [0, 0.05) is 17.7 Å². The lowest BCUT2D eigenvalue weighted by Crippen LogP contribution is -2.60. The van der Waals surface area contributed by atoms with Crippen molar-refractivity contribution in [1.29, 1.82) is 0 Å². The lowest BCUT2D eigenvalue weighted by molar-refractivity contribution is 0.0996. The minimum atomic E-state index is -0.626. The maximum Gasteiger partial charge on any atom is 0.271 e. The number of hydrogen-bond donors (Lipinski definition) is 3. The number of nitrogens with two attached hydrogens (primary N) is 1. The molecule has 9 nitrogen and oxygen atoms in total. The molecule has 1 aliphatic carbocycles.